The van der Waals surface area contributed by atoms with Crippen LogP contribution < -0.4 is 5.73 Å². The summed E-state index contributed by atoms with van der Waals surface area (Å²) in [5.74, 6) is 0.564. The Morgan fingerprint density at radius 3 is 3.00 bits per heavy atom. The lowest BCUT2D eigenvalue weighted by Crippen LogP contribution is -2.02. The highest BCUT2D eigenvalue weighted by Gasteiger charge is 2.04. The van der Waals surface area contributed by atoms with Crippen LogP contribution in [0.4, 0.5) is 5.82 Å². The van der Waals surface area contributed by atoms with Gasteiger partial charge in [0, 0.05) is 25.2 Å². The first kappa shape index (κ1) is 8.68. The molecule has 0 aliphatic rings. The van der Waals surface area contributed by atoms with Crippen LogP contribution in [0.2, 0.25) is 0 Å². The van der Waals surface area contributed by atoms with Crippen molar-refractivity contribution in [2.45, 2.75) is 6.42 Å². The number of nitrogens with zero attached hydrogens (tertiary/aromatic N) is 4. The molecule has 72 valence electrons. The Bertz CT molecular complexity index is 434. The van der Waals surface area contributed by atoms with Crippen molar-refractivity contribution in [1.29, 1.82) is 0 Å². The maximum atomic E-state index is 5.73. The summed E-state index contributed by atoms with van der Waals surface area (Å²) >= 11 is 0. The number of pyridine rings is 1. The quantitative estimate of drug-likeness (QED) is 0.741. The SMILES string of the molecule is Cn1nncc1Cc1cccnc1N. The Kier molecular flexibility index (Phi) is 2.14. The third kappa shape index (κ3) is 1.56. The van der Waals surface area contributed by atoms with Crippen LogP contribution in [0.1, 0.15) is 11.3 Å². The number of rotatable bonds is 2. The minimum Gasteiger partial charge on any atom is -0.383 e. The number of nitrogen functional groups attached to an aromatic ring is 1. The molecule has 0 atom stereocenters. The molecular weight excluding hydrogens is 178 g/mol. The van der Waals surface area contributed by atoms with Gasteiger partial charge >= 0.3 is 0 Å². The fourth-order valence-corrected chi connectivity index (χ4v) is 1.27. The van der Waals surface area contributed by atoms with Gasteiger partial charge in [0.25, 0.3) is 0 Å². The summed E-state index contributed by atoms with van der Waals surface area (Å²) in [4.78, 5) is 4.02. The van der Waals surface area contributed by atoms with Crippen LogP contribution in [-0.4, -0.2) is 20.0 Å². The number of nitrogens with two attached hydrogens (primary N) is 1. The van der Waals surface area contributed by atoms with Crippen LogP contribution in [0, 0.1) is 0 Å². The summed E-state index contributed by atoms with van der Waals surface area (Å²) < 4.78 is 1.73. The fraction of sp³-hybridized carbons (Fsp3) is 0.222. The lowest BCUT2D eigenvalue weighted by Gasteiger charge is -2.03. The van der Waals surface area contributed by atoms with E-state index in [0.717, 1.165) is 11.3 Å². The number of aromatic nitrogens is 4. The highest BCUT2D eigenvalue weighted by Crippen LogP contribution is 2.11. The first-order valence-electron chi connectivity index (χ1n) is 4.30. The zero-order chi connectivity index (χ0) is 9.97. The molecule has 2 N–H and O–H groups in total. The lowest BCUT2D eigenvalue weighted by molar-refractivity contribution is 0.686. The maximum Gasteiger partial charge on any atom is 0.126 e. The molecule has 5 nitrogen and oxygen atoms in total. The summed E-state index contributed by atoms with van der Waals surface area (Å²) in [5.41, 5.74) is 7.74. The van der Waals surface area contributed by atoms with Gasteiger partial charge in [-0.3, -0.25) is 4.68 Å². The van der Waals surface area contributed by atoms with Gasteiger partial charge in [0.05, 0.1) is 11.9 Å². The maximum absolute atomic E-state index is 5.73. The molecule has 0 aliphatic heterocycles. The van der Waals surface area contributed by atoms with Gasteiger partial charge < -0.3 is 5.73 Å². The molecule has 2 heterocycles. The zero-order valence-corrected chi connectivity index (χ0v) is 7.88. The molecular formula is C9H11N5. The first-order chi connectivity index (χ1) is 6.77. The van der Waals surface area contributed by atoms with E-state index in [2.05, 4.69) is 15.3 Å². The summed E-state index contributed by atoms with van der Waals surface area (Å²) in [6.45, 7) is 0. The van der Waals surface area contributed by atoms with E-state index in [1.165, 1.54) is 0 Å². The van der Waals surface area contributed by atoms with Crippen molar-refractivity contribution < 1.29 is 0 Å². The molecule has 0 amide bonds. The van der Waals surface area contributed by atoms with Crippen LogP contribution >= 0.6 is 0 Å². The second-order valence-electron chi connectivity index (χ2n) is 3.07. The molecule has 0 spiro atoms. The van der Waals surface area contributed by atoms with E-state index in [9.17, 15) is 0 Å². The smallest absolute Gasteiger partial charge is 0.126 e. The van der Waals surface area contributed by atoms with Crippen molar-refractivity contribution in [3.05, 3.63) is 35.8 Å². The summed E-state index contributed by atoms with van der Waals surface area (Å²) in [7, 11) is 1.86. The van der Waals surface area contributed by atoms with Gasteiger partial charge in [0.15, 0.2) is 0 Å². The van der Waals surface area contributed by atoms with Gasteiger partial charge in [0.1, 0.15) is 5.82 Å². The highest BCUT2D eigenvalue weighted by molar-refractivity contribution is 5.40. The third-order valence-corrected chi connectivity index (χ3v) is 2.11. The van der Waals surface area contributed by atoms with Crippen molar-refractivity contribution >= 4 is 5.82 Å². The van der Waals surface area contributed by atoms with E-state index in [0.29, 0.717) is 12.2 Å². The molecule has 2 aromatic rings. The van der Waals surface area contributed by atoms with Crippen molar-refractivity contribution in [2.75, 3.05) is 5.73 Å². The molecule has 0 radical (unpaired) electrons. The normalized spacial score (nSPS) is 10.4. The van der Waals surface area contributed by atoms with Crippen molar-refractivity contribution in [3.63, 3.8) is 0 Å². The van der Waals surface area contributed by atoms with Gasteiger partial charge in [-0.15, -0.1) is 5.10 Å². The lowest BCUT2D eigenvalue weighted by atomic mass is 10.1. The molecule has 5 heteroatoms. The molecule has 2 rings (SSSR count). The minimum absolute atomic E-state index is 0.564. The average molecular weight is 189 g/mol. The summed E-state index contributed by atoms with van der Waals surface area (Å²) in [5, 5.41) is 7.65. The van der Waals surface area contributed by atoms with E-state index in [1.807, 2.05) is 19.2 Å². The van der Waals surface area contributed by atoms with E-state index < -0.39 is 0 Å². The molecule has 0 bridgehead atoms. The van der Waals surface area contributed by atoms with E-state index in [-0.39, 0.29) is 0 Å². The number of anilines is 1. The van der Waals surface area contributed by atoms with Crippen molar-refractivity contribution in [3.8, 4) is 0 Å². The van der Waals surface area contributed by atoms with Crippen LogP contribution in [-0.2, 0) is 13.5 Å². The number of aryl methyl sites for hydroxylation is 1. The summed E-state index contributed by atoms with van der Waals surface area (Å²) in [6.07, 6.45) is 4.12. The van der Waals surface area contributed by atoms with Gasteiger partial charge in [-0.25, -0.2) is 4.98 Å². The van der Waals surface area contributed by atoms with Gasteiger partial charge in [-0.05, 0) is 6.07 Å². The van der Waals surface area contributed by atoms with Crippen molar-refractivity contribution in [1.82, 2.24) is 20.0 Å². The predicted molar refractivity (Wildman–Crippen MR) is 52.5 cm³/mol. The van der Waals surface area contributed by atoms with E-state index in [1.54, 1.807) is 17.1 Å². The Morgan fingerprint density at radius 1 is 1.50 bits per heavy atom. The Hall–Kier alpha value is -1.91. The molecule has 14 heavy (non-hydrogen) atoms. The number of hydrogen-bond acceptors (Lipinski definition) is 4. The topological polar surface area (TPSA) is 69.6 Å². The molecule has 0 aromatic carbocycles. The minimum atomic E-state index is 0.564. The second kappa shape index (κ2) is 3.45. The third-order valence-electron chi connectivity index (χ3n) is 2.11. The van der Waals surface area contributed by atoms with Crippen LogP contribution in [0.25, 0.3) is 0 Å². The molecule has 0 fully saturated rings. The fourth-order valence-electron chi connectivity index (χ4n) is 1.27. The first-order valence-corrected chi connectivity index (χ1v) is 4.30. The Balaban J connectivity index is 2.28. The Labute approximate surface area is 81.6 Å². The van der Waals surface area contributed by atoms with Crippen LogP contribution in [0.3, 0.4) is 0 Å². The average Bonchev–Trinajstić information content (AvgIpc) is 2.56. The highest BCUT2D eigenvalue weighted by atomic mass is 15.4. The number of hydrogen-bond donors (Lipinski definition) is 1. The molecule has 0 unspecified atom stereocenters. The second-order valence-corrected chi connectivity index (χ2v) is 3.07. The van der Waals surface area contributed by atoms with E-state index in [4.69, 9.17) is 5.73 Å². The zero-order valence-electron chi connectivity index (χ0n) is 7.88. The predicted octanol–water partition coefficient (Wildman–Crippen LogP) is 0.383. The monoisotopic (exact) mass is 189 g/mol. The molecule has 0 saturated carbocycles. The van der Waals surface area contributed by atoms with Crippen molar-refractivity contribution in [2.24, 2.45) is 7.05 Å². The summed E-state index contributed by atoms with van der Waals surface area (Å²) in [6, 6.07) is 3.82. The molecule has 0 aliphatic carbocycles. The van der Waals surface area contributed by atoms with Gasteiger partial charge in [-0.2, -0.15) is 0 Å². The van der Waals surface area contributed by atoms with Crippen LogP contribution in [0.15, 0.2) is 24.5 Å². The Morgan fingerprint density at radius 2 is 2.36 bits per heavy atom. The van der Waals surface area contributed by atoms with E-state index >= 15 is 0 Å². The largest absolute Gasteiger partial charge is 0.383 e. The molecule has 0 saturated heterocycles. The van der Waals surface area contributed by atoms with Crippen LogP contribution in [0.5, 0.6) is 0 Å². The van der Waals surface area contributed by atoms with Gasteiger partial charge in [0.2, 0.25) is 0 Å². The molecule has 2 aromatic heterocycles. The standard InChI is InChI=1S/C9H11N5/c1-14-8(6-12-13-14)5-7-3-2-4-11-9(7)10/h2-4,6H,5H2,1H3,(H2,10,11). The van der Waals surface area contributed by atoms with Gasteiger partial charge in [-0.1, -0.05) is 11.3 Å².